The summed E-state index contributed by atoms with van der Waals surface area (Å²) in [6.45, 7) is 2.08. The van der Waals surface area contributed by atoms with Crippen LogP contribution in [-0.4, -0.2) is 16.0 Å². The van der Waals surface area contributed by atoms with Gasteiger partial charge in [-0.25, -0.2) is 0 Å². The molecule has 3 rings (SSSR count). The Balaban J connectivity index is 1.92. The normalized spacial score (nSPS) is 11.3. The highest BCUT2D eigenvalue weighted by molar-refractivity contribution is 9.10. The molecule has 0 aliphatic rings. The van der Waals surface area contributed by atoms with Gasteiger partial charge in [-0.2, -0.15) is 0 Å². The number of hydrogen-bond acceptors (Lipinski definition) is 6. The van der Waals surface area contributed by atoms with Crippen molar-refractivity contribution < 1.29 is 8.83 Å². The van der Waals surface area contributed by atoms with Crippen molar-refractivity contribution >= 4 is 48.5 Å². The molecule has 19 heavy (non-hydrogen) atoms. The summed E-state index contributed by atoms with van der Waals surface area (Å²) in [5.41, 5.74) is 0.800. The number of fused-ring (bicyclic) bond motifs is 1. The van der Waals surface area contributed by atoms with Crippen LogP contribution in [0.3, 0.4) is 0 Å². The molecule has 0 bridgehead atoms. The van der Waals surface area contributed by atoms with Gasteiger partial charge in [0.25, 0.3) is 11.1 Å². The highest BCUT2D eigenvalue weighted by atomic mass is 79.9. The molecule has 0 atom stereocenters. The zero-order valence-corrected chi connectivity index (χ0v) is 13.1. The van der Waals surface area contributed by atoms with Crippen LogP contribution in [0.5, 0.6) is 0 Å². The van der Waals surface area contributed by atoms with E-state index < -0.39 is 0 Å². The Morgan fingerprint density at radius 2 is 2.11 bits per heavy atom. The Kier molecular flexibility index (Phi) is 3.86. The molecule has 0 saturated carbocycles. The molecule has 3 aromatic rings. The highest BCUT2D eigenvalue weighted by Crippen LogP contribution is 2.33. The number of hydrogen-bond donors (Lipinski definition) is 0. The molecule has 2 heterocycles. The van der Waals surface area contributed by atoms with Crippen LogP contribution in [0.4, 0.5) is 0 Å². The number of nitrogens with zero attached hydrogens (tertiary/aromatic N) is 2. The van der Waals surface area contributed by atoms with Crippen LogP contribution >= 0.6 is 37.5 Å². The molecule has 0 aliphatic carbocycles. The second-order valence-electron chi connectivity index (χ2n) is 3.66. The molecule has 1 aromatic carbocycles. The summed E-state index contributed by atoms with van der Waals surface area (Å²) < 4.78 is 12.2. The standard InChI is InChI=1S/C12H9BrN2O2S2/c1-2-18-19-12-15-14-11(17-12)10-6-7-5-8(13)3-4-9(7)16-10/h3-6H,2H2,1H3. The maximum Gasteiger partial charge on any atom is 0.287 e. The molecule has 0 N–H and O–H groups in total. The van der Waals surface area contributed by atoms with Crippen molar-refractivity contribution in [1.29, 1.82) is 0 Å². The van der Waals surface area contributed by atoms with Crippen molar-refractivity contribution in [2.45, 2.75) is 12.1 Å². The SMILES string of the molecule is CCSSc1nnc(-c2cc3cc(Br)ccc3o2)o1. The van der Waals surface area contributed by atoms with Gasteiger partial charge < -0.3 is 8.83 Å². The minimum absolute atomic E-state index is 0.409. The molecule has 98 valence electrons. The van der Waals surface area contributed by atoms with Crippen molar-refractivity contribution in [3.63, 3.8) is 0 Å². The minimum Gasteiger partial charge on any atom is -0.451 e. The molecule has 7 heteroatoms. The molecule has 0 fully saturated rings. The minimum atomic E-state index is 0.409. The molecule has 0 unspecified atom stereocenters. The smallest absolute Gasteiger partial charge is 0.287 e. The lowest BCUT2D eigenvalue weighted by molar-refractivity contribution is 0.453. The van der Waals surface area contributed by atoms with E-state index in [0.717, 1.165) is 21.2 Å². The van der Waals surface area contributed by atoms with Crippen LogP contribution in [0.25, 0.3) is 22.6 Å². The molecule has 0 amide bonds. The van der Waals surface area contributed by atoms with Gasteiger partial charge in [0.2, 0.25) is 0 Å². The van der Waals surface area contributed by atoms with Crippen LogP contribution in [0, 0.1) is 0 Å². The van der Waals surface area contributed by atoms with Gasteiger partial charge in [-0.1, -0.05) is 38.7 Å². The molecule has 0 spiro atoms. The van der Waals surface area contributed by atoms with E-state index in [1.165, 1.54) is 10.8 Å². The quantitative estimate of drug-likeness (QED) is 0.612. The molecular formula is C12H9BrN2O2S2. The highest BCUT2D eigenvalue weighted by Gasteiger charge is 2.14. The van der Waals surface area contributed by atoms with Crippen molar-refractivity contribution in [3.8, 4) is 11.7 Å². The Hall–Kier alpha value is -0.920. The first-order valence-corrected chi connectivity index (χ1v) is 8.70. The lowest BCUT2D eigenvalue weighted by Crippen LogP contribution is -1.71. The molecule has 0 saturated heterocycles. The first kappa shape index (κ1) is 13.1. The first-order chi connectivity index (χ1) is 9.26. The predicted molar refractivity (Wildman–Crippen MR) is 81.2 cm³/mol. The second kappa shape index (κ2) is 5.60. The lowest BCUT2D eigenvalue weighted by Gasteiger charge is -1.89. The van der Waals surface area contributed by atoms with Crippen LogP contribution in [-0.2, 0) is 0 Å². The number of rotatable bonds is 4. The van der Waals surface area contributed by atoms with Gasteiger partial charge >= 0.3 is 0 Å². The molecule has 2 aromatic heterocycles. The van der Waals surface area contributed by atoms with Gasteiger partial charge in [-0.15, -0.1) is 5.10 Å². The average Bonchev–Trinajstić information content (AvgIpc) is 3.01. The van der Waals surface area contributed by atoms with E-state index in [9.17, 15) is 0 Å². The van der Waals surface area contributed by atoms with Crippen LogP contribution in [0.2, 0.25) is 0 Å². The number of benzene rings is 1. The van der Waals surface area contributed by atoms with Crippen LogP contribution in [0.1, 0.15) is 6.92 Å². The summed E-state index contributed by atoms with van der Waals surface area (Å²) in [6.07, 6.45) is 0. The van der Waals surface area contributed by atoms with Gasteiger partial charge in [-0.05, 0) is 24.3 Å². The van der Waals surface area contributed by atoms with Crippen molar-refractivity contribution in [2.24, 2.45) is 0 Å². The van der Waals surface area contributed by atoms with Crippen LogP contribution in [0.15, 0.2) is 42.8 Å². The summed E-state index contributed by atoms with van der Waals surface area (Å²) >= 11 is 3.43. The van der Waals surface area contributed by atoms with Gasteiger partial charge in [-0.3, -0.25) is 0 Å². The van der Waals surface area contributed by atoms with Crippen molar-refractivity contribution in [2.75, 3.05) is 5.75 Å². The third-order valence-corrected chi connectivity index (χ3v) is 4.99. The fourth-order valence-corrected chi connectivity index (χ4v) is 3.21. The summed E-state index contributed by atoms with van der Waals surface area (Å²) in [6, 6.07) is 7.72. The third-order valence-electron chi connectivity index (χ3n) is 2.34. The summed E-state index contributed by atoms with van der Waals surface area (Å²) in [4.78, 5) is 0. The second-order valence-corrected chi connectivity index (χ2v) is 7.11. The van der Waals surface area contributed by atoms with Gasteiger partial charge in [0.05, 0.1) is 0 Å². The van der Waals surface area contributed by atoms with Crippen molar-refractivity contribution in [1.82, 2.24) is 10.2 Å². The number of furan rings is 1. The van der Waals surface area contributed by atoms with E-state index >= 15 is 0 Å². The Morgan fingerprint density at radius 3 is 2.95 bits per heavy atom. The lowest BCUT2D eigenvalue weighted by atomic mass is 10.2. The van der Waals surface area contributed by atoms with E-state index in [1.807, 2.05) is 24.3 Å². The maximum atomic E-state index is 5.69. The zero-order valence-electron chi connectivity index (χ0n) is 9.92. The Bertz CT molecular complexity index is 711. The largest absolute Gasteiger partial charge is 0.451 e. The average molecular weight is 357 g/mol. The van der Waals surface area contributed by atoms with Gasteiger partial charge in [0.1, 0.15) is 5.58 Å². The van der Waals surface area contributed by atoms with Gasteiger partial charge in [0, 0.05) is 26.4 Å². The monoisotopic (exact) mass is 356 g/mol. The zero-order chi connectivity index (χ0) is 13.2. The summed E-state index contributed by atoms with van der Waals surface area (Å²) in [7, 11) is 3.13. The van der Waals surface area contributed by atoms with Crippen LogP contribution < -0.4 is 0 Å². The topological polar surface area (TPSA) is 52.1 Å². The maximum absolute atomic E-state index is 5.69. The predicted octanol–water partition coefficient (Wildman–Crippen LogP) is 5.01. The molecule has 4 nitrogen and oxygen atoms in total. The Labute approximate surface area is 125 Å². The summed E-state index contributed by atoms with van der Waals surface area (Å²) in [5.74, 6) is 1.99. The number of aromatic nitrogens is 2. The van der Waals surface area contributed by atoms with E-state index in [1.54, 1.807) is 10.8 Å². The first-order valence-electron chi connectivity index (χ1n) is 5.58. The van der Waals surface area contributed by atoms with E-state index in [2.05, 4.69) is 33.1 Å². The van der Waals surface area contributed by atoms with E-state index in [0.29, 0.717) is 16.9 Å². The fraction of sp³-hybridized carbons (Fsp3) is 0.167. The molecular weight excluding hydrogens is 348 g/mol. The molecule has 0 aliphatic heterocycles. The van der Waals surface area contributed by atoms with Crippen molar-refractivity contribution in [3.05, 3.63) is 28.7 Å². The molecule has 0 radical (unpaired) electrons. The third kappa shape index (κ3) is 2.82. The van der Waals surface area contributed by atoms with E-state index in [4.69, 9.17) is 8.83 Å². The van der Waals surface area contributed by atoms with Gasteiger partial charge in [0.15, 0.2) is 5.76 Å². The Morgan fingerprint density at radius 1 is 1.21 bits per heavy atom. The fourth-order valence-electron chi connectivity index (χ4n) is 1.57. The number of halogens is 1. The summed E-state index contributed by atoms with van der Waals surface area (Å²) in [5, 5.41) is 9.52. The van der Waals surface area contributed by atoms with E-state index in [-0.39, 0.29) is 0 Å².